The maximum atomic E-state index is 11.8. The first kappa shape index (κ1) is 13.6. The molecule has 1 fully saturated rings. The fourth-order valence-corrected chi connectivity index (χ4v) is 3.25. The molecule has 2 aliphatic rings. The van der Waals surface area contributed by atoms with Gasteiger partial charge in [-0.25, -0.2) is 0 Å². The van der Waals surface area contributed by atoms with Crippen LogP contribution in [0.3, 0.4) is 0 Å². The van der Waals surface area contributed by atoms with Crippen molar-refractivity contribution in [3.63, 3.8) is 0 Å². The van der Waals surface area contributed by atoms with E-state index in [-0.39, 0.29) is 11.9 Å². The minimum atomic E-state index is -0.00336. The number of ether oxygens (including phenoxy) is 1. The number of hydrogen-bond donors (Lipinski definition) is 0. The standard InChI is InChI=1S/C16H26O2/c1-3-4-11-18-15(17)13(2)5-8-16-9-6-14(12-16)7-10-16/h6,9,13-14H,3-5,7-8,10-12H2,1-2H3. The monoisotopic (exact) mass is 250 g/mol. The van der Waals surface area contributed by atoms with Gasteiger partial charge >= 0.3 is 5.97 Å². The van der Waals surface area contributed by atoms with Gasteiger partial charge in [0.15, 0.2) is 0 Å². The maximum absolute atomic E-state index is 11.8. The molecule has 2 heteroatoms. The summed E-state index contributed by atoms with van der Waals surface area (Å²) in [7, 11) is 0. The van der Waals surface area contributed by atoms with E-state index in [9.17, 15) is 4.79 Å². The predicted molar refractivity (Wildman–Crippen MR) is 73.2 cm³/mol. The average molecular weight is 250 g/mol. The summed E-state index contributed by atoms with van der Waals surface area (Å²) in [5, 5.41) is 0. The molecule has 0 radical (unpaired) electrons. The zero-order valence-electron chi connectivity index (χ0n) is 11.8. The van der Waals surface area contributed by atoms with E-state index in [1.54, 1.807) is 0 Å². The highest BCUT2D eigenvalue weighted by Crippen LogP contribution is 2.52. The summed E-state index contributed by atoms with van der Waals surface area (Å²) >= 11 is 0. The first-order valence-corrected chi connectivity index (χ1v) is 7.51. The average Bonchev–Trinajstić information content (AvgIpc) is 2.97. The van der Waals surface area contributed by atoms with Crippen molar-refractivity contribution in [1.82, 2.24) is 0 Å². The highest BCUT2D eigenvalue weighted by molar-refractivity contribution is 5.71. The Labute approximate surface area is 111 Å². The Balaban J connectivity index is 1.69. The van der Waals surface area contributed by atoms with Gasteiger partial charge in [-0.3, -0.25) is 4.79 Å². The topological polar surface area (TPSA) is 26.3 Å². The molecule has 0 N–H and O–H groups in total. The second-order valence-corrected chi connectivity index (χ2v) is 6.19. The summed E-state index contributed by atoms with van der Waals surface area (Å²) < 4.78 is 5.28. The van der Waals surface area contributed by atoms with Gasteiger partial charge in [0.2, 0.25) is 0 Å². The van der Waals surface area contributed by atoms with Crippen molar-refractivity contribution >= 4 is 5.97 Å². The molecular weight excluding hydrogens is 224 g/mol. The van der Waals surface area contributed by atoms with Crippen LogP contribution in [0.1, 0.15) is 58.8 Å². The third kappa shape index (κ3) is 3.15. The molecule has 2 bridgehead atoms. The normalized spacial score (nSPS) is 30.7. The maximum Gasteiger partial charge on any atom is 0.308 e. The minimum Gasteiger partial charge on any atom is -0.465 e. The van der Waals surface area contributed by atoms with Crippen molar-refractivity contribution < 1.29 is 9.53 Å². The fraction of sp³-hybridized carbons (Fsp3) is 0.812. The SMILES string of the molecule is CCCCOC(=O)C(C)CCC12C=CC(CC1)C2. The minimum absolute atomic E-state index is 0.00336. The number of allylic oxidation sites excluding steroid dienone is 2. The van der Waals surface area contributed by atoms with E-state index in [0.717, 1.165) is 31.6 Å². The molecule has 18 heavy (non-hydrogen) atoms. The molecule has 2 aliphatic carbocycles. The summed E-state index contributed by atoms with van der Waals surface area (Å²) in [6.45, 7) is 4.71. The molecule has 3 unspecified atom stereocenters. The Kier molecular flexibility index (Phi) is 4.47. The molecule has 1 saturated carbocycles. The lowest BCUT2D eigenvalue weighted by Gasteiger charge is -2.24. The molecule has 102 valence electrons. The number of rotatable bonds is 7. The van der Waals surface area contributed by atoms with Gasteiger partial charge in [0.05, 0.1) is 12.5 Å². The number of hydrogen-bond acceptors (Lipinski definition) is 2. The van der Waals surface area contributed by atoms with E-state index in [1.165, 1.54) is 19.3 Å². The van der Waals surface area contributed by atoms with Crippen molar-refractivity contribution in [1.29, 1.82) is 0 Å². The van der Waals surface area contributed by atoms with Crippen LogP contribution >= 0.6 is 0 Å². The Bertz CT molecular complexity index is 321. The van der Waals surface area contributed by atoms with Crippen molar-refractivity contribution in [2.45, 2.75) is 58.8 Å². The van der Waals surface area contributed by atoms with Crippen LogP contribution in [0.4, 0.5) is 0 Å². The predicted octanol–water partition coefficient (Wildman–Crippen LogP) is 4.10. The molecular formula is C16H26O2. The Morgan fingerprint density at radius 3 is 2.94 bits per heavy atom. The summed E-state index contributed by atoms with van der Waals surface area (Å²) in [5.74, 6) is 0.887. The van der Waals surface area contributed by atoms with Crippen LogP contribution in [0.15, 0.2) is 12.2 Å². The number of unbranched alkanes of at least 4 members (excludes halogenated alkanes) is 1. The smallest absolute Gasteiger partial charge is 0.308 e. The zero-order valence-corrected chi connectivity index (χ0v) is 11.8. The second kappa shape index (κ2) is 5.90. The molecule has 3 atom stereocenters. The van der Waals surface area contributed by atoms with Crippen LogP contribution in [0.2, 0.25) is 0 Å². The van der Waals surface area contributed by atoms with Gasteiger partial charge in [-0.05, 0) is 49.9 Å². The number of carbonyl (C=O) groups is 1. The molecule has 2 rings (SSSR count). The highest BCUT2D eigenvalue weighted by Gasteiger charge is 2.40. The van der Waals surface area contributed by atoms with Crippen LogP contribution in [-0.4, -0.2) is 12.6 Å². The molecule has 0 saturated heterocycles. The largest absolute Gasteiger partial charge is 0.465 e. The van der Waals surface area contributed by atoms with E-state index in [1.807, 2.05) is 6.92 Å². The van der Waals surface area contributed by atoms with Crippen LogP contribution < -0.4 is 0 Å². The first-order chi connectivity index (χ1) is 8.65. The Morgan fingerprint density at radius 2 is 2.39 bits per heavy atom. The van der Waals surface area contributed by atoms with Crippen molar-refractivity contribution in [2.24, 2.45) is 17.3 Å². The number of carbonyl (C=O) groups excluding carboxylic acids is 1. The molecule has 0 spiro atoms. The Morgan fingerprint density at radius 1 is 1.56 bits per heavy atom. The molecule has 0 aromatic carbocycles. The number of fused-ring (bicyclic) bond motifs is 2. The first-order valence-electron chi connectivity index (χ1n) is 7.51. The quantitative estimate of drug-likeness (QED) is 0.386. The van der Waals surface area contributed by atoms with Gasteiger partial charge in [0.1, 0.15) is 0 Å². The molecule has 0 aromatic rings. The summed E-state index contributed by atoms with van der Waals surface area (Å²) in [6, 6.07) is 0. The van der Waals surface area contributed by atoms with Crippen LogP contribution in [0, 0.1) is 17.3 Å². The molecule has 2 nitrogen and oxygen atoms in total. The van der Waals surface area contributed by atoms with Gasteiger partial charge in [0.25, 0.3) is 0 Å². The number of esters is 1. The highest BCUT2D eigenvalue weighted by atomic mass is 16.5. The molecule has 0 aliphatic heterocycles. The van der Waals surface area contributed by atoms with Crippen molar-refractivity contribution in [2.75, 3.05) is 6.61 Å². The van der Waals surface area contributed by atoms with E-state index >= 15 is 0 Å². The molecule has 0 aromatic heterocycles. The van der Waals surface area contributed by atoms with Gasteiger partial charge in [-0.15, -0.1) is 0 Å². The van der Waals surface area contributed by atoms with Crippen LogP contribution in [0.5, 0.6) is 0 Å². The third-order valence-corrected chi connectivity index (χ3v) is 4.62. The van der Waals surface area contributed by atoms with Crippen LogP contribution in [0.25, 0.3) is 0 Å². The van der Waals surface area contributed by atoms with E-state index in [2.05, 4.69) is 19.1 Å². The second-order valence-electron chi connectivity index (χ2n) is 6.19. The zero-order chi connectivity index (χ0) is 13.0. The lowest BCUT2D eigenvalue weighted by atomic mass is 9.81. The van der Waals surface area contributed by atoms with E-state index < -0.39 is 0 Å². The summed E-state index contributed by atoms with van der Waals surface area (Å²) in [6.07, 6.45) is 13.0. The van der Waals surface area contributed by atoms with Gasteiger partial charge in [-0.2, -0.15) is 0 Å². The molecule has 0 amide bonds. The third-order valence-electron chi connectivity index (χ3n) is 4.62. The van der Waals surface area contributed by atoms with Crippen molar-refractivity contribution in [3.8, 4) is 0 Å². The van der Waals surface area contributed by atoms with Crippen molar-refractivity contribution in [3.05, 3.63) is 12.2 Å². The lowest BCUT2D eigenvalue weighted by molar-refractivity contribution is -0.148. The Hall–Kier alpha value is -0.790. The lowest BCUT2D eigenvalue weighted by Crippen LogP contribution is -2.19. The van der Waals surface area contributed by atoms with E-state index in [4.69, 9.17) is 4.74 Å². The van der Waals surface area contributed by atoms with Crippen LogP contribution in [-0.2, 0) is 9.53 Å². The van der Waals surface area contributed by atoms with E-state index in [0.29, 0.717) is 12.0 Å². The van der Waals surface area contributed by atoms with Gasteiger partial charge in [0, 0.05) is 0 Å². The van der Waals surface area contributed by atoms with Gasteiger partial charge in [-0.1, -0.05) is 32.4 Å². The molecule has 0 heterocycles. The summed E-state index contributed by atoms with van der Waals surface area (Å²) in [4.78, 5) is 11.8. The fourth-order valence-electron chi connectivity index (χ4n) is 3.25. The summed E-state index contributed by atoms with van der Waals surface area (Å²) in [5.41, 5.74) is 0.433. The van der Waals surface area contributed by atoms with Gasteiger partial charge < -0.3 is 4.74 Å².